The number of amides is 2. The van der Waals surface area contributed by atoms with Crippen molar-refractivity contribution in [1.82, 2.24) is 0 Å². The molecule has 64 heavy (non-hydrogen) atoms. The van der Waals surface area contributed by atoms with E-state index in [1.165, 1.54) is 0 Å². The van der Waals surface area contributed by atoms with Gasteiger partial charge in [-0.25, -0.2) is 0 Å². The fraction of sp³-hybridized carbons (Fsp3) is 0.429. The van der Waals surface area contributed by atoms with Crippen molar-refractivity contribution in [3.05, 3.63) is 132 Å². The molecule has 0 aromatic heterocycles. The van der Waals surface area contributed by atoms with Crippen LogP contribution in [0.3, 0.4) is 0 Å². The first-order valence-electron chi connectivity index (χ1n) is 24.1. The fourth-order valence-corrected chi connectivity index (χ4v) is 8.13. The van der Waals surface area contributed by atoms with Crippen molar-refractivity contribution in [2.45, 2.75) is 116 Å². The van der Waals surface area contributed by atoms with E-state index in [1.54, 1.807) is 0 Å². The average Bonchev–Trinajstić information content (AvgIpc) is 4.29. The number of carbonyl (C=O) groups is 2. The predicted octanol–water partition coefficient (Wildman–Crippen LogP) is 13.4. The second-order valence-corrected chi connectivity index (χ2v) is 17.4. The average molecular weight is 865 g/mol. The molecular weight excluding hydrogens is 797 g/mol. The second-order valence-electron chi connectivity index (χ2n) is 17.4. The van der Waals surface area contributed by atoms with E-state index in [9.17, 15) is 9.59 Å². The van der Waals surface area contributed by atoms with Crippen LogP contribution in [-0.4, -0.2) is 63.5 Å². The Hall–Kier alpha value is -5.44. The van der Waals surface area contributed by atoms with E-state index < -0.39 is 0 Å². The van der Waals surface area contributed by atoms with E-state index in [0.29, 0.717) is 49.6 Å². The third-order valence-electron chi connectivity index (χ3n) is 12.2. The molecule has 2 aliphatic heterocycles. The van der Waals surface area contributed by atoms with Gasteiger partial charge in [0.05, 0.1) is 38.6 Å². The maximum Gasteiger partial charge on any atom is 0.258 e. The van der Waals surface area contributed by atoms with Gasteiger partial charge < -0.3 is 28.7 Å². The molecular formula is C56H68N2O6. The van der Waals surface area contributed by atoms with E-state index in [4.69, 9.17) is 18.9 Å². The Labute approximate surface area is 381 Å². The van der Waals surface area contributed by atoms with Crippen LogP contribution < -0.4 is 19.3 Å². The van der Waals surface area contributed by atoms with Gasteiger partial charge in [-0.1, -0.05) is 107 Å². The molecule has 2 heterocycles. The molecule has 2 amide bonds. The largest absolute Gasteiger partial charge is 0.494 e. The minimum atomic E-state index is -0.0485. The van der Waals surface area contributed by atoms with Crippen molar-refractivity contribution in [3.63, 3.8) is 0 Å². The quantitative estimate of drug-likeness (QED) is 0.0368. The number of nitrogens with zero attached hydrogens (tertiary/aromatic N) is 2. The summed E-state index contributed by atoms with van der Waals surface area (Å²) in [7, 11) is 0. The van der Waals surface area contributed by atoms with Gasteiger partial charge >= 0.3 is 0 Å². The molecule has 2 atom stereocenters. The highest BCUT2D eigenvalue weighted by Crippen LogP contribution is 2.30. The molecule has 0 radical (unpaired) electrons. The van der Waals surface area contributed by atoms with Gasteiger partial charge in [-0.3, -0.25) is 9.59 Å². The van der Waals surface area contributed by atoms with Crippen LogP contribution in [0.1, 0.15) is 124 Å². The second kappa shape index (κ2) is 24.6. The van der Waals surface area contributed by atoms with Gasteiger partial charge in [0.2, 0.25) is 0 Å². The zero-order valence-corrected chi connectivity index (χ0v) is 38.2. The van der Waals surface area contributed by atoms with Crippen molar-refractivity contribution in [3.8, 4) is 33.8 Å². The summed E-state index contributed by atoms with van der Waals surface area (Å²) in [5, 5.41) is 0. The highest BCUT2D eigenvalue weighted by Gasteiger charge is 2.24. The Morgan fingerprint density at radius 1 is 0.484 bits per heavy atom. The van der Waals surface area contributed by atoms with E-state index in [1.807, 2.05) is 107 Å². The summed E-state index contributed by atoms with van der Waals surface area (Å²) in [6.45, 7) is 8.80. The van der Waals surface area contributed by atoms with E-state index in [2.05, 4.69) is 38.1 Å². The van der Waals surface area contributed by atoms with Crippen LogP contribution in [0.2, 0.25) is 0 Å². The Morgan fingerprint density at radius 3 is 1.22 bits per heavy atom. The first-order valence-corrected chi connectivity index (χ1v) is 24.1. The molecule has 0 bridgehead atoms. The van der Waals surface area contributed by atoms with Gasteiger partial charge in [0.15, 0.2) is 0 Å². The molecule has 0 saturated carbocycles. The zero-order valence-electron chi connectivity index (χ0n) is 38.2. The lowest BCUT2D eigenvalue weighted by Gasteiger charge is -2.27. The number of rotatable bonds is 28. The standard InChI is InChI=1S/C56H68N2O6/c1-3-5-7-11-36-57(55(59)47-24-20-43(21-25-47)45-28-32-51(33-29-45)61-38-13-9-18-53-41-63-53)49-16-15-17-50(40-49)58(37-12-8-6-4-2)56(60)48-26-22-44(23-27-48)46-30-34-52(35-31-46)62-39-14-10-19-54-42-64-54/h15-17,20-35,40,53-54H,3-14,18-19,36-39,41-42H2,1-2H3. The number of anilines is 2. The first-order chi connectivity index (χ1) is 31.5. The van der Waals surface area contributed by atoms with Crippen molar-refractivity contribution in [1.29, 1.82) is 0 Å². The monoisotopic (exact) mass is 865 g/mol. The zero-order chi connectivity index (χ0) is 44.4. The van der Waals surface area contributed by atoms with Gasteiger partial charge in [-0.2, -0.15) is 0 Å². The molecule has 2 saturated heterocycles. The molecule has 2 fully saturated rings. The summed E-state index contributed by atoms with van der Waals surface area (Å²) >= 11 is 0. The molecule has 8 nitrogen and oxygen atoms in total. The predicted molar refractivity (Wildman–Crippen MR) is 260 cm³/mol. The van der Waals surface area contributed by atoms with Gasteiger partial charge in [0, 0.05) is 35.6 Å². The first kappa shape index (κ1) is 46.5. The highest BCUT2D eigenvalue weighted by atomic mass is 16.6. The summed E-state index contributed by atoms with van der Waals surface area (Å²) in [5.74, 6) is 1.63. The number of benzene rings is 5. The number of hydrogen-bond donors (Lipinski definition) is 0. The SMILES string of the molecule is CCCCCCN(C(=O)c1ccc(-c2ccc(OCCCCC3CO3)cc2)cc1)c1cccc(N(CCCCCC)C(=O)c2ccc(-c3ccc(OCCCCC4CO4)cc3)cc2)c1. The third kappa shape index (κ3) is 14.3. The Kier molecular flexibility index (Phi) is 17.9. The summed E-state index contributed by atoms with van der Waals surface area (Å²) in [4.78, 5) is 32.7. The summed E-state index contributed by atoms with van der Waals surface area (Å²) < 4.78 is 22.6. The molecule has 5 aromatic carbocycles. The molecule has 7 rings (SSSR count). The van der Waals surface area contributed by atoms with Gasteiger partial charge in [0.1, 0.15) is 11.5 Å². The molecule has 0 spiro atoms. The summed E-state index contributed by atoms with van der Waals surface area (Å²) in [6, 6.07) is 40.1. The van der Waals surface area contributed by atoms with Crippen LogP contribution in [0.5, 0.6) is 11.5 Å². The highest BCUT2D eigenvalue weighted by molar-refractivity contribution is 6.08. The molecule has 2 aliphatic rings. The minimum absolute atomic E-state index is 0.0485. The van der Waals surface area contributed by atoms with Crippen LogP contribution in [0.4, 0.5) is 11.4 Å². The number of hydrogen-bond acceptors (Lipinski definition) is 6. The number of ether oxygens (including phenoxy) is 4. The minimum Gasteiger partial charge on any atom is -0.494 e. The smallest absolute Gasteiger partial charge is 0.258 e. The maximum atomic E-state index is 14.4. The number of epoxide rings is 2. The molecule has 5 aromatic rings. The van der Waals surface area contributed by atoms with E-state index in [0.717, 1.165) is 148 Å². The van der Waals surface area contributed by atoms with Gasteiger partial charge in [0.25, 0.3) is 11.8 Å². The van der Waals surface area contributed by atoms with E-state index >= 15 is 0 Å². The van der Waals surface area contributed by atoms with Crippen molar-refractivity contribution < 1.29 is 28.5 Å². The van der Waals surface area contributed by atoms with Crippen molar-refractivity contribution >= 4 is 23.2 Å². The number of carbonyl (C=O) groups excluding carboxylic acids is 2. The normalized spacial score (nSPS) is 15.1. The molecule has 0 N–H and O–H groups in total. The lowest BCUT2D eigenvalue weighted by molar-refractivity contribution is 0.0980. The lowest BCUT2D eigenvalue weighted by atomic mass is 10.0. The molecule has 8 heteroatoms. The topological polar surface area (TPSA) is 84.1 Å². The number of unbranched alkanes of at least 4 members (excludes halogenated alkanes) is 8. The Bertz CT molecular complexity index is 2010. The van der Waals surface area contributed by atoms with Crippen molar-refractivity contribution in [2.24, 2.45) is 0 Å². The summed E-state index contributed by atoms with van der Waals surface area (Å²) in [6.07, 6.45) is 15.8. The van der Waals surface area contributed by atoms with Crippen LogP contribution >= 0.6 is 0 Å². The Morgan fingerprint density at radius 2 is 0.859 bits per heavy atom. The van der Waals surface area contributed by atoms with E-state index in [-0.39, 0.29) is 11.8 Å². The van der Waals surface area contributed by atoms with Crippen LogP contribution in [0.25, 0.3) is 22.3 Å². The molecule has 0 aliphatic carbocycles. The summed E-state index contributed by atoms with van der Waals surface area (Å²) in [5.41, 5.74) is 7.07. The lowest BCUT2D eigenvalue weighted by Crippen LogP contribution is -2.34. The van der Waals surface area contributed by atoms with Crippen molar-refractivity contribution in [2.75, 3.05) is 49.3 Å². The Balaban J connectivity index is 1.02. The van der Waals surface area contributed by atoms with Crippen LogP contribution in [0, 0.1) is 0 Å². The van der Waals surface area contributed by atoms with Crippen LogP contribution in [-0.2, 0) is 9.47 Å². The van der Waals surface area contributed by atoms with Crippen LogP contribution in [0.15, 0.2) is 121 Å². The molecule has 2 unspecified atom stereocenters. The fourth-order valence-electron chi connectivity index (χ4n) is 8.13. The van der Waals surface area contributed by atoms with Gasteiger partial charge in [-0.15, -0.1) is 0 Å². The third-order valence-corrected chi connectivity index (χ3v) is 12.2. The van der Waals surface area contributed by atoms with Gasteiger partial charge in [-0.05, 0) is 140 Å². The molecule has 338 valence electrons. The maximum absolute atomic E-state index is 14.4.